The second-order valence-corrected chi connectivity index (χ2v) is 9.47. The molecule has 154 valence electrons. The van der Waals surface area contributed by atoms with Gasteiger partial charge in [-0.1, -0.05) is 50.6 Å². The zero-order valence-electron chi connectivity index (χ0n) is 17.7. The number of hydrogen-bond donors (Lipinski definition) is 0. The highest BCUT2D eigenvalue weighted by Gasteiger charge is 2.27. The molecule has 1 amide bonds. The van der Waals surface area contributed by atoms with Gasteiger partial charge in [0, 0.05) is 24.4 Å². The molecule has 3 heterocycles. The van der Waals surface area contributed by atoms with Crippen molar-refractivity contribution >= 4 is 17.2 Å². The number of rotatable bonds is 4. The topological polar surface area (TPSA) is 36.4 Å². The molecule has 4 rings (SSSR count). The Morgan fingerprint density at radius 1 is 1.14 bits per heavy atom. The second kappa shape index (κ2) is 8.80. The van der Waals surface area contributed by atoms with E-state index in [-0.39, 0.29) is 5.91 Å². The molecular formula is C24H31N3OS. The predicted octanol–water partition coefficient (Wildman–Crippen LogP) is 5.46. The second-order valence-electron chi connectivity index (χ2n) is 8.47. The minimum Gasteiger partial charge on any atom is -0.314 e. The van der Waals surface area contributed by atoms with Crippen LogP contribution in [0.15, 0.2) is 36.5 Å². The maximum Gasteiger partial charge on any atom is 0.269 e. The first-order chi connectivity index (χ1) is 14.0. The summed E-state index contributed by atoms with van der Waals surface area (Å²) in [6.07, 6.45) is 9.19. The van der Waals surface area contributed by atoms with Crippen molar-refractivity contribution in [1.29, 1.82) is 0 Å². The standard InChI is InChI=1S/C24H31N3OS/c1-17(2)20-9-5-6-10-21(20)23-25-18(3)22(29-23)24(28)27-15-11-19(12-16-27)26-13-7-4-8-14-26/h5-6,9-11,15,17,19H,4,7-8,12-14,16H2,1-3H3. The number of carbonyl (C=O) groups excluding carboxylic acids is 1. The molecule has 4 nitrogen and oxygen atoms in total. The molecule has 0 aliphatic carbocycles. The first kappa shape index (κ1) is 20.3. The maximum atomic E-state index is 13.2. The van der Waals surface area contributed by atoms with Gasteiger partial charge in [-0.15, -0.1) is 11.3 Å². The van der Waals surface area contributed by atoms with E-state index in [4.69, 9.17) is 4.98 Å². The normalized spacial score (nSPS) is 20.4. The molecule has 0 spiro atoms. The van der Waals surface area contributed by atoms with Crippen LogP contribution in [0.25, 0.3) is 10.6 Å². The van der Waals surface area contributed by atoms with Crippen LogP contribution < -0.4 is 0 Å². The highest BCUT2D eigenvalue weighted by atomic mass is 32.1. The van der Waals surface area contributed by atoms with Crippen molar-refractivity contribution in [2.24, 2.45) is 0 Å². The van der Waals surface area contributed by atoms with Gasteiger partial charge in [0.15, 0.2) is 0 Å². The van der Waals surface area contributed by atoms with Crippen LogP contribution in [0.2, 0.25) is 0 Å². The average Bonchev–Trinajstić information content (AvgIpc) is 3.15. The smallest absolute Gasteiger partial charge is 0.269 e. The lowest BCUT2D eigenvalue weighted by Crippen LogP contribution is -2.43. The average molecular weight is 410 g/mol. The molecule has 1 aromatic carbocycles. The van der Waals surface area contributed by atoms with E-state index in [0.29, 0.717) is 12.0 Å². The summed E-state index contributed by atoms with van der Waals surface area (Å²) in [6.45, 7) is 9.51. The quantitative estimate of drug-likeness (QED) is 0.673. The summed E-state index contributed by atoms with van der Waals surface area (Å²) in [5.41, 5.74) is 3.26. The Labute approximate surface area is 178 Å². The third-order valence-corrected chi connectivity index (χ3v) is 7.26. The van der Waals surface area contributed by atoms with Crippen molar-refractivity contribution in [3.05, 3.63) is 52.7 Å². The van der Waals surface area contributed by atoms with E-state index in [0.717, 1.165) is 34.1 Å². The lowest BCUT2D eigenvalue weighted by Gasteiger charge is -2.36. The van der Waals surface area contributed by atoms with Gasteiger partial charge in [0.1, 0.15) is 9.88 Å². The highest BCUT2D eigenvalue weighted by molar-refractivity contribution is 7.17. The van der Waals surface area contributed by atoms with E-state index in [1.165, 1.54) is 49.3 Å². The third-order valence-electron chi connectivity index (χ3n) is 6.08. The fourth-order valence-electron chi connectivity index (χ4n) is 4.40. The lowest BCUT2D eigenvalue weighted by atomic mass is 9.98. The minimum absolute atomic E-state index is 0.0848. The molecular weight excluding hydrogens is 378 g/mol. The number of thiazole rings is 1. The van der Waals surface area contributed by atoms with E-state index in [1.54, 1.807) is 0 Å². The number of hydrogen-bond acceptors (Lipinski definition) is 4. The van der Waals surface area contributed by atoms with Gasteiger partial charge in [0.2, 0.25) is 0 Å². The van der Waals surface area contributed by atoms with Crippen molar-refractivity contribution in [1.82, 2.24) is 14.8 Å². The maximum absolute atomic E-state index is 13.2. The van der Waals surface area contributed by atoms with Crippen molar-refractivity contribution in [2.45, 2.75) is 58.4 Å². The molecule has 0 N–H and O–H groups in total. The van der Waals surface area contributed by atoms with Crippen LogP contribution >= 0.6 is 11.3 Å². The Morgan fingerprint density at radius 2 is 1.90 bits per heavy atom. The fraction of sp³-hybridized carbons (Fsp3) is 0.500. The van der Waals surface area contributed by atoms with Gasteiger partial charge in [0.25, 0.3) is 5.91 Å². The SMILES string of the molecule is Cc1nc(-c2ccccc2C(C)C)sc1C(=O)N1C=CC(N2CCCCC2)CC1. The zero-order chi connectivity index (χ0) is 20.4. The Bertz CT molecular complexity index is 895. The first-order valence-electron chi connectivity index (χ1n) is 10.8. The number of piperidine rings is 1. The van der Waals surface area contributed by atoms with E-state index in [2.05, 4.69) is 43.0 Å². The van der Waals surface area contributed by atoms with Gasteiger partial charge in [-0.05, 0) is 50.8 Å². The van der Waals surface area contributed by atoms with Crippen LogP contribution in [-0.2, 0) is 0 Å². The molecule has 2 aliphatic heterocycles. The Kier molecular flexibility index (Phi) is 6.16. The Hall–Kier alpha value is -1.98. The van der Waals surface area contributed by atoms with E-state index in [9.17, 15) is 4.79 Å². The predicted molar refractivity (Wildman–Crippen MR) is 120 cm³/mol. The number of carbonyl (C=O) groups is 1. The highest BCUT2D eigenvalue weighted by Crippen LogP contribution is 2.34. The molecule has 1 fully saturated rings. The monoisotopic (exact) mass is 409 g/mol. The van der Waals surface area contributed by atoms with E-state index in [1.807, 2.05) is 24.1 Å². The van der Waals surface area contributed by atoms with Crippen LogP contribution in [0.4, 0.5) is 0 Å². The lowest BCUT2D eigenvalue weighted by molar-refractivity contribution is 0.0793. The van der Waals surface area contributed by atoms with E-state index < -0.39 is 0 Å². The number of benzene rings is 1. The van der Waals surface area contributed by atoms with Gasteiger partial charge in [-0.25, -0.2) is 4.98 Å². The molecule has 0 radical (unpaired) electrons. The van der Waals surface area contributed by atoms with Gasteiger partial charge in [-0.2, -0.15) is 0 Å². The summed E-state index contributed by atoms with van der Waals surface area (Å²) in [5.74, 6) is 0.507. The van der Waals surface area contributed by atoms with Gasteiger partial charge in [-0.3, -0.25) is 9.69 Å². The van der Waals surface area contributed by atoms with Crippen LogP contribution in [0.3, 0.4) is 0 Å². The third kappa shape index (κ3) is 4.31. The molecule has 1 unspecified atom stereocenters. The molecule has 29 heavy (non-hydrogen) atoms. The van der Waals surface area contributed by atoms with Gasteiger partial charge < -0.3 is 4.90 Å². The van der Waals surface area contributed by atoms with E-state index >= 15 is 0 Å². The molecule has 0 saturated carbocycles. The van der Waals surface area contributed by atoms with Gasteiger partial charge in [0.05, 0.1) is 5.69 Å². The van der Waals surface area contributed by atoms with Gasteiger partial charge >= 0.3 is 0 Å². The number of amides is 1. The molecule has 1 saturated heterocycles. The van der Waals surface area contributed by atoms with Crippen molar-refractivity contribution in [3.8, 4) is 10.6 Å². The Morgan fingerprint density at radius 3 is 2.59 bits per heavy atom. The summed E-state index contributed by atoms with van der Waals surface area (Å²) >= 11 is 1.53. The molecule has 1 atom stereocenters. The largest absolute Gasteiger partial charge is 0.314 e. The van der Waals surface area contributed by atoms with Crippen molar-refractivity contribution < 1.29 is 4.79 Å². The minimum atomic E-state index is 0.0848. The number of aryl methyl sites for hydroxylation is 1. The zero-order valence-corrected chi connectivity index (χ0v) is 18.5. The Balaban J connectivity index is 1.52. The number of nitrogens with zero attached hydrogens (tertiary/aromatic N) is 3. The van der Waals surface area contributed by atoms with Crippen LogP contribution in [-0.4, -0.2) is 46.4 Å². The van der Waals surface area contributed by atoms with Crippen LogP contribution in [0, 0.1) is 6.92 Å². The summed E-state index contributed by atoms with van der Waals surface area (Å²) in [4.78, 5) is 23.2. The number of likely N-dealkylation sites (tertiary alicyclic amines) is 1. The van der Waals surface area contributed by atoms with Crippen LogP contribution in [0.5, 0.6) is 0 Å². The van der Waals surface area contributed by atoms with Crippen molar-refractivity contribution in [3.63, 3.8) is 0 Å². The summed E-state index contributed by atoms with van der Waals surface area (Å²) in [5, 5.41) is 0.947. The molecule has 2 aromatic rings. The summed E-state index contributed by atoms with van der Waals surface area (Å²) in [6, 6.07) is 8.88. The summed E-state index contributed by atoms with van der Waals surface area (Å²) < 4.78 is 0. The molecule has 5 heteroatoms. The summed E-state index contributed by atoms with van der Waals surface area (Å²) in [7, 11) is 0. The molecule has 1 aromatic heterocycles. The fourth-order valence-corrected chi connectivity index (χ4v) is 5.47. The molecule has 0 bridgehead atoms. The van der Waals surface area contributed by atoms with Crippen molar-refractivity contribution in [2.75, 3.05) is 19.6 Å². The molecule has 2 aliphatic rings. The first-order valence-corrected chi connectivity index (χ1v) is 11.7. The number of aromatic nitrogens is 1. The van der Waals surface area contributed by atoms with Crippen LogP contribution in [0.1, 0.15) is 66.4 Å².